The minimum Gasteiger partial charge on any atom is -0.493 e. The van der Waals surface area contributed by atoms with Crippen molar-refractivity contribution in [3.8, 4) is 11.4 Å². The number of hydrogen-bond donors (Lipinski definition) is 1. The third-order valence-corrected chi connectivity index (χ3v) is 7.33. The predicted molar refractivity (Wildman–Crippen MR) is 132 cm³/mol. The summed E-state index contributed by atoms with van der Waals surface area (Å²) in [4.78, 5) is 13.7. The van der Waals surface area contributed by atoms with Gasteiger partial charge >= 0.3 is 0 Å². The molecule has 3 aromatic carbocycles. The number of nitrogens with one attached hydrogen (secondary N) is 1. The molecule has 1 atom stereocenters. The van der Waals surface area contributed by atoms with Crippen LogP contribution in [0.5, 0.6) is 5.75 Å². The molecule has 1 unspecified atom stereocenters. The van der Waals surface area contributed by atoms with Gasteiger partial charge in [0, 0.05) is 16.4 Å². The normalized spacial score (nSPS) is 14.9. The van der Waals surface area contributed by atoms with Crippen molar-refractivity contribution in [2.24, 2.45) is 0 Å². The van der Waals surface area contributed by atoms with E-state index >= 15 is 0 Å². The molecule has 168 valence electrons. The number of nitrogens with zero attached hydrogens (tertiary/aromatic N) is 2. The van der Waals surface area contributed by atoms with Crippen molar-refractivity contribution in [3.05, 3.63) is 82.5 Å². The van der Waals surface area contributed by atoms with Gasteiger partial charge < -0.3 is 10.1 Å². The van der Waals surface area contributed by atoms with Crippen molar-refractivity contribution in [1.82, 2.24) is 9.78 Å². The molecule has 5 rings (SSSR count). The van der Waals surface area contributed by atoms with Crippen LogP contribution in [0.15, 0.2) is 54.6 Å². The Morgan fingerprint density at radius 1 is 1.09 bits per heavy atom. The van der Waals surface area contributed by atoms with Gasteiger partial charge in [0.05, 0.1) is 35.1 Å². The molecule has 0 saturated carbocycles. The molecule has 6 nitrogen and oxygen atoms in total. The Kier molecular flexibility index (Phi) is 5.50. The SMILES string of the molecule is CCOc1ccc2ccccc2c1C(=O)Nc1c2c(nn1-c1cccc(C)c1C)CS(=O)C2. The number of hydrogen-bond acceptors (Lipinski definition) is 4. The van der Waals surface area contributed by atoms with Crippen LogP contribution >= 0.6 is 0 Å². The van der Waals surface area contributed by atoms with Gasteiger partial charge in [-0.05, 0) is 54.8 Å². The van der Waals surface area contributed by atoms with E-state index in [-0.39, 0.29) is 5.91 Å². The fourth-order valence-corrected chi connectivity index (χ4v) is 5.59. The minimum atomic E-state index is -1.01. The second-order valence-electron chi connectivity index (χ2n) is 8.18. The summed E-state index contributed by atoms with van der Waals surface area (Å²) in [6.07, 6.45) is 0. The van der Waals surface area contributed by atoms with E-state index in [1.807, 2.05) is 75.4 Å². The second kappa shape index (κ2) is 8.48. The molecule has 1 aliphatic rings. The smallest absolute Gasteiger partial charge is 0.261 e. The summed E-state index contributed by atoms with van der Waals surface area (Å²) in [6.45, 7) is 6.44. The maximum Gasteiger partial charge on any atom is 0.261 e. The molecule has 1 aromatic heterocycles. The van der Waals surface area contributed by atoms with Crippen LogP contribution in [0.3, 0.4) is 0 Å². The molecule has 1 N–H and O–H groups in total. The Labute approximate surface area is 195 Å². The largest absolute Gasteiger partial charge is 0.493 e. The Morgan fingerprint density at radius 2 is 1.91 bits per heavy atom. The standard InChI is InChI=1S/C26H25N3O3S/c1-4-32-23-13-12-18-9-5-6-10-19(18)24(23)26(30)27-25-20-14-33(31)15-21(20)28-29(25)22-11-7-8-16(2)17(22)3/h5-13H,4,14-15H2,1-3H3,(H,27,30). The van der Waals surface area contributed by atoms with E-state index in [0.717, 1.165) is 38.8 Å². The fourth-order valence-electron chi connectivity index (χ4n) is 4.33. The molecule has 1 amide bonds. The first kappa shape index (κ1) is 21.4. The average Bonchev–Trinajstić information content (AvgIpc) is 3.32. The zero-order chi connectivity index (χ0) is 23.1. The number of aromatic nitrogens is 2. The van der Waals surface area contributed by atoms with Crippen molar-refractivity contribution in [3.63, 3.8) is 0 Å². The van der Waals surface area contributed by atoms with E-state index in [1.165, 1.54) is 0 Å². The highest BCUT2D eigenvalue weighted by molar-refractivity contribution is 7.83. The van der Waals surface area contributed by atoms with Gasteiger partial charge in [0.15, 0.2) is 0 Å². The summed E-state index contributed by atoms with van der Waals surface area (Å²) in [5.41, 5.74) is 5.20. The van der Waals surface area contributed by atoms with E-state index in [2.05, 4.69) is 5.32 Å². The summed E-state index contributed by atoms with van der Waals surface area (Å²) in [6, 6.07) is 17.6. The van der Waals surface area contributed by atoms with Crippen LogP contribution in [-0.2, 0) is 22.3 Å². The summed E-state index contributed by atoms with van der Waals surface area (Å²) >= 11 is 0. The first-order valence-corrected chi connectivity index (χ1v) is 12.4. The Bertz CT molecular complexity index is 1420. The van der Waals surface area contributed by atoms with E-state index in [0.29, 0.717) is 35.2 Å². The molecule has 7 heteroatoms. The molecule has 2 heterocycles. The Hall–Kier alpha value is -3.45. The third-order valence-electron chi connectivity index (χ3n) is 6.12. The molecule has 0 aliphatic carbocycles. The highest BCUT2D eigenvalue weighted by atomic mass is 32.2. The van der Waals surface area contributed by atoms with Gasteiger partial charge in [0.1, 0.15) is 11.6 Å². The van der Waals surface area contributed by atoms with Crippen molar-refractivity contribution < 1.29 is 13.7 Å². The summed E-state index contributed by atoms with van der Waals surface area (Å²) in [7, 11) is -1.01. The number of anilines is 1. The number of fused-ring (bicyclic) bond motifs is 2. The molecular weight excluding hydrogens is 434 g/mol. The lowest BCUT2D eigenvalue weighted by atomic mass is 10.0. The van der Waals surface area contributed by atoms with Gasteiger partial charge in [-0.2, -0.15) is 5.10 Å². The van der Waals surface area contributed by atoms with Crippen LogP contribution < -0.4 is 10.1 Å². The molecule has 4 aromatic rings. The van der Waals surface area contributed by atoms with Gasteiger partial charge in [-0.1, -0.05) is 42.5 Å². The molecule has 0 radical (unpaired) electrons. The number of carbonyl (C=O) groups is 1. The van der Waals surface area contributed by atoms with Crippen LogP contribution in [0.4, 0.5) is 5.82 Å². The van der Waals surface area contributed by atoms with Crippen molar-refractivity contribution in [1.29, 1.82) is 0 Å². The van der Waals surface area contributed by atoms with Crippen molar-refractivity contribution >= 4 is 33.3 Å². The monoisotopic (exact) mass is 459 g/mol. The first-order valence-electron chi connectivity index (χ1n) is 11.0. The Morgan fingerprint density at radius 3 is 2.73 bits per heavy atom. The molecule has 0 spiro atoms. The van der Waals surface area contributed by atoms with Crippen LogP contribution in [0, 0.1) is 13.8 Å². The highest BCUT2D eigenvalue weighted by Gasteiger charge is 2.30. The maximum absolute atomic E-state index is 13.7. The van der Waals surface area contributed by atoms with Gasteiger partial charge in [0.25, 0.3) is 5.91 Å². The summed E-state index contributed by atoms with van der Waals surface area (Å²) in [5, 5.41) is 9.65. The number of benzene rings is 3. The third kappa shape index (κ3) is 3.72. The topological polar surface area (TPSA) is 73.2 Å². The lowest BCUT2D eigenvalue weighted by Crippen LogP contribution is -2.18. The average molecular weight is 460 g/mol. The lowest BCUT2D eigenvalue weighted by Gasteiger charge is -2.16. The van der Waals surface area contributed by atoms with Crippen LogP contribution in [0.2, 0.25) is 0 Å². The van der Waals surface area contributed by atoms with Crippen LogP contribution in [-0.4, -0.2) is 26.5 Å². The van der Waals surface area contributed by atoms with E-state index in [9.17, 15) is 9.00 Å². The van der Waals surface area contributed by atoms with Gasteiger partial charge in [0.2, 0.25) is 0 Å². The van der Waals surface area contributed by atoms with E-state index in [1.54, 1.807) is 4.68 Å². The van der Waals surface area contributed by atoms with Crippen molar-refractivity contribution in [2.45, 2.75) is 32.3 Å². The van der Waals surface area contributed by atoms with E-state index < -0.39 is 10.8 Å². The number of aryl methyl sites for hydroxylation is 1. The number of amides is 1. The quantitative estimate of drug-likeness (QED) is 0.453. The molecule has 33 heavy (non-hydrogen) atoms. The number of rotatable bonds is 5. The predicted octanol–water partition coefficient (Wildman–Crippen LogP) is 5.06. The first-order chi connectivity index (χ1) is 16.0. The van der Waals surface area contributed by atoms with Gasteiger partial charge in [-0.25, -0.2) is 4.68 Å². The maximum atomic E-state index is 13.7. The van der Waals surface area contributed by atoms with E-state index in [4.69, 9.17) is 9.84 Å². The zero-order valence-corrected chi connectivity index (χ0v) is 19.7. The van der Waals surface area contributed by atoms with Crippen LogP contribution in [0.25, 0.3) is 16.5 Å². The van der Waals surface area contributed by atoms with Gasteiger partial charge in [-0.3, -0.25) is 9.00 Å². The Balaban J connectivity index is 1.65. The minimum absolute atomic E-state index is 0.276. The van der Waals surface area contributed by atoms with Crippen LogP contribution in [0.1, 0.15) is 39.7 Å². The number of ether oxygens (including phenoxy) is 1. The molecule has 0 fully saturated rings. The molecule has 0 saturated heterocycles. The lowest BCUT2D eigenvalue weighted by molar-refractivity contribution is 0.102. The summed E-state index contributed by atoms with van der Waals surface area (Å²) in [5.74, 6) is 1.61. The molecular formula is C26H25N3O3S. The highest BCUT2D eigenvalue weighted by Crippen LogP contribution is 2.34. The van der Waals surface area contributed by atoms with Gasteiger partial charge in [-0.15, -0.1) is 0 Å². The second-order valence-corrected chi connectivity index (χ2v) is 9.64. The summed E-state index contributed by atoms with van der Waals surface area (Å²) < 4.78 is 19.9. The zero-order valence-electron chi connectivity index (χ0n) is 18.8. The molecule has 0 bridgehead atoms. The fraction of sp³-hybridized carbons (Fsp3) is 0.231. The molecule has 1 aliphatic heterocycles. The van der Waals surface area contributed by atoms with Crippen molar-refractivity contribution in [2.75, 3.05) is 11.9 Å². The number of carbonyl (C=O) groups excluding carboxylic acids is 1.